The lowest BCUT2D eigenvalue weighted by Gasteiger charge is -2.17. The average molecular weight is 333 g/mol. The Morgan fingerprint density at radius 3 is 3.08 bits per heavy atom. The van der Waals surface area contributed by atoms with Crippen LogP contribution in [0.2, 0.25) is 0 Å². The first-order valence-corrected chi connectivity index (χ1v) is 7.97. The zero-order valence-electron chi connectivity index (χ0n) is 13.2. The Kier molecular flexibility index (Phi) is 5.10. The van der Waals surface area contributed by atoms with Crippen molar-refractivity contribution < 1.29 is 19.0 Å². The number of H-pyrrole nitrogens is 1. The molecule has 0 bridgehead atoms. The van der Waals surface area contributed by atoms with Crippen LogP contribution in [-0.4, -0.2) is 51.4 Å². The number of benzene rings is 1. The van der Waals surface area contributed by atoms with Gasteiger partial charge in [-0.2, -0.15) is 5.10 Å². The van der Waals surface area contributed by atoms with Crippen LogP contribution in [0.1, 0.15) is 18.4 Å². The number of likely N-dealkylation sites (tertiary alicyclic amines) is 1. The highest BCUT2D eigenvalue weighted by atomic mass is 19.1. The van der Waals surface area contributed by atoms with Gasteiger partial charge in [-0.25, -0.2) is 4.39 Å². The Bertz CT molecular complexity index is 677. The minimum atomic E-state index is -0.772. The van der Waals surface area contributed by atoms with Crippen LogP contribution in [0.4, 0.5) is 4.39 Å². The van der Waals surface area contributed by atoms with Crippen molar-refractivity contribution in [1.29, 1.82) is 0 Å². The van der Waals surface area contributed by atoms with Crippen molar-refractivity contribution in [3.05, 3.63) is 48.0 Å². The standard InChI is InChI=1S/C17H20FN3O3/c18-13-4-2-5-14(7-13)24-16-11-21(10-15(16)22)17(23)6-1-3-12-8-19-20-9-12/h2,4-5,7-9,15-16,22H,1,3,6,10-11H2,(H,19,20)/t15-,16-/m1/s1. The van der Waals surface area contributed by atoms with E-state index in [0.29, 0.717) is 18.7 Å². The van der Waals surface area contributed by atoms with Crippen molar-refractivity contribution in [3.8, 4) is 5.75 Å². The number of nitrogens with zero attached hydrogens (tertiary/aromatic N) is 2. The molecule has 2 N–H and O–H groups in total. The van der Waals surface area contributed by atoms with Gasteiger partial charge in [-0.15, -0.1) is 0 Å². The summed E-state index contributed by atoms with van der Waals surface area (Å²) in [6.45, 7) is 0.548. The fraction of sp³-hybridized carbons (Fsp3) is 0.412. The van der Waals surface area contributed by atoms with Crippen molar-refractivity contribution in [2.24, 2.45) is 0 Å². The summed E-state index contributed by atoms with van der Waals surface area (Å²) in [5, 5.41) is 16.7. The van der Waals surface area contributed by atoms with E-state index in [4.69, 9.17) is 4.74 Å². The third-order valence-corrected chi connectivity index (χ3v) is 4.08. The van der Waals surface area contributed by atoms with Crippen molar-refractivity contribution in [2.45, 2.75) is 31.5 Å². The predicted octanol–water partition coefficient (Wildman–Crippen LogP) is 1.52. The molecule has 7 heteroatoms. The van der Waals surface area contributed by atoms with Crippen LogP contribution in [0.25, 0.3) is 0 Å². The van der Waals surface area contributed by atoms with E-state index in [9.17, 15) is 14.3 Å². The Morgan fingerprint density at radius 2 is 2.33 bits per heavy atom. The molecule has 6 nitrogen and oxygen atoms in total. The van der Waals surface area contributed by atoms with Crippen molar-refractivity contribution >= 4 is 5.91 Å². The average Bonchev–Trinajstić information content (AvgIpc) is 3.18. The molecule has 2 atom stereocenters. The van der Waals surface area contributed by atoms with Crippen molar-refractivity contribution in [2.75, 3.05) is 13.1 Å². The van der Waals surface area contributed by atoms with E-state index in [-0.39, 0.29) is 12.5 Å². The second kappa shape index (κ2) is 7.44. The number of aromatic amines is 1. The molecule has 1 aliphatic rings. The Hall–Kier alpha value is -2.41. The molecule has 24 heavy (non-hydrogen) atoms. The van der Waals surface area contributed by atoms with Crippen LogP contribution in [0.5, 0.6) is 5.75 Å². The van der Waals surface area contributed by atoms with Crippen molar-refractivity contribution in [1.82, 2.24) is 15.1 Å². The monoisotopic (exact) mass is 333 g/mol. The maximum Gasteiger partial charge on any atom is 0.222 e. The summed E-state index contributed by atoms with van der Waals surface area (Å²) in [7, 11) is 0. The van der Waals surface area contributed by atoms with Crippen LogP contribution in [0, 0.1) is 5.82 Å². The number of β-amino-alcohol motifs (C(OH)–C–C–N with tert-alkyl or cyclic N) is 1. The molecule has 1 amide bonds. The summed E-state index contributed by atoms with van der Waals surface area (Å²) in [4.78, 5) is 13.8. The van der Waals surface area contributed by atoms with E-state index < -0.39 is 18.0 Å². The second-order valence-corrected chi connectivity index (χ2v) is 5.94. The number of aliphatic hydroxyl groups excluding tert-OH is 1. The summed E-state index contributed by atoms with van der Waals surface area (Å²) in [5.41, 5.74) is 1.07. The van der Waals surface area contributed by atoms with Crippen LogP contribution >= 0.6 is 0 Å². The van der Waals surface area contributed by atoms with Gasteiger partial charge in [-0.1, -0.05) is 6.07 Å². The quantitative estimate of drug-likeness (QED) is 0.840. The van der Waals surface area contributed by atoms with E-state index in [2.05, 4.69) is 10.2 Å². The molecular formula is C17H20FN3O3. The second-order valence-electron chi connectivity index (χ2n) is 5.94. The summed E-state index contributed by atoms with van der Waals surface area (Å²) in [5.74, 6) is -0.0524. The van der Waals surface area contributed by atoms with Gasteiger partial charge in [-0.05, 0) is 30.5 Å². The first-order chi connectivity index (χ1) is 11.6. The van der Waals surface area contributed by atoms with Crippen molar-refractivity contribution in [3.63, 3.8) is 0 Å². The number of carbonyl (C=O) groups excluding carboxylic acids is 1. The third-order valence-electron chi connectivity index (χ3n) is 4.08. The largest absolute Gasteiger partial charge is 0.486 e. The molecule has 0 saturated carbocycles. The van der Waals surface area contributed by atoms with E-state index in [0.717, 1.165) is 18.4 Å². The molecule has 1 aromatic carbocycles. The zero-order chi connectivity index (χ0) is 16.9. The van der Waals surface area contributed by atoms with Gasteiger partial charge in [0.2, 0.25) is 5.91 Å². The molecule has 3 rings (SSSR count). The number of halogens is 1. The summed E-state index contributed by atoms with van der Waals surface area (Å²) in [6, 6.07) is 5.77. The number of hydrogen-bond donors (Lipinski definition) is 2. The van der Waals surface area contributed by atoms with Gasteiger partial charge in [0.1, 0.15) is 23.8 Å². The molecule has 2 aromatic rings. The van der Waals surface area contributed by atoms with Gasteiger partial charge in [-0.3, -0.25) is 9.89 Å². The number of aliphatic hydroxyl groups is 1. The molecular weight excluding hydrogens is 313 g/mol. The van der Waals surface area contributed by atoms with Crippen LogP contribution in [0.15, 0.2) is 36.7 Å². The maximum atomic E-state index is 13.2. The number of amides is 1. The minimum absolute atomic E-state index is 0.0112. The number of nitrogens with one attached hydrogen (secondary N) is 1. The van der Waals surface area contributed by atoms with Crippen LogP contribution in [-0.2, 0) is 11.2 Å². The third kappa shape index (κ3) is 4.11. The van der Waals surface area contributed by atoms with E-state index >= 15 is 0 Å². The molecule has 0 unspecified atom stereocenters. The van der Waals surface area contributed by atoms with E-state index in [1.165, 1.54) is 12.1 Å². The topological polar surface area (TPSA) is 78.5 Å². The maximum absolute atomic E-state index is 13.2. The SMILES string of the molecule is O=C(CCCc1cn[nH]c1)N1C[C@@H](O)[C@H](Oc2cccc(F)c2)C1. The molecule has 128 valence electrons. The van der Waals surface area contributed by atoms with Crippen LogP contribution in [0.3, 0.4) is 0 Å². The fourth-order valence-electron chi connectivity index (χ4n) is 2.81. The van der Waals surface area contributed by atoms with Gasteiger partial charge in [0.05, 0.1) is 19.3 Å². The zero-order valence-corrected chi connectivity index (χ0v) is 13.2. The molecule has 0 radical (unpaired) electrons. The summed E-state index contributed by atoms with van der Waals surface area (Å²) in [6.07, 6.45) is 4.16. The van der Waals surface area contributed by atoms with Gasteiger partial charge >= 0.3 is 0 Å². The van der Waals surface area contributed by atoms with Gasteiger partial charge in [0.25, 0.3) is 0 Å². The van der Waals surface area contributed by atoms with Gasteiger partial charge in [0.15, 0.2) is 0 Å². The summed E-state index contributed by atoms with van der Waals surface area (Å²) >= 11 is 0. The Labute approximate surface area is 139 Å². The number of carbonyl (C=O) groups is 1. The normalized spacial score (nSPS) is 20.3. The first-order valence-electron chi connectivity index (χ1n) is 7.97. The Balaban J connectivity index is 1.48. The highest BCUT2D eigenvalue weighted by Crippen LogP contribution is 2.20. The molecule has 1 saturated heterocycles. The minimum Gasteiger partial charge on any atom is -0.486 e. The number of hydrogen-bond acceptors (Lipinski definition) is 4. The smallest absolute Gasteiger partial charge is 0.222 e. The lowest BCUT2D eigenvalue weighted by atomic mass is 10.1. The highest BCUT2D eigenvalue weighted by Gasteiger charge is 2.35. The van der Waals surface area contributed by atoms with Crippen LogP contribution < -0.4 is 4.74 Å². The first kappa shape index (κ1) is 16.4. The molecule has 0 spiro atoms. The molecule has 1 aliphatic heterocycles. The number of rotatable bonds is 6. The highest BCUT2D eigenvalue weighted by molar-refractivity contribution is 5.76. The molecule has 0 aliphatic carbocycles. The van der Waals surface area contributed by atoms with Gasteiger partial charge < -0.3 is 14.7 Å². The summed E-state index contributed by atoms with van der Waals surface area (Å²) < 4.78 is 18.8. The van der Waals surface area contributed by atoms with E-state index in [1.54, 1.807) is 23.2 Å². The Morgan fingerprint density at radius 1 is 1.46 bits per heavy atom. The molecule has 1 aromatic heterocycles. The number of aryl methyl sites for hydroxylation is 1. The fourth-order valence-corrected chi connectivity index (χ4v) is 2.81. The molecule has 2 heterocycles. The van der Waals surface area contributed by atoms with E-state index in [1.807, 2.05) is 6.20 Å². The molecule has 1 fully saturated rings. The lowest BCUT2D eigenvalue weighted by Crippen LogP contribution is -2.31. The number of aromatic nitrogens is 2. The number of ether oxygens (including phenoxy) is 1. The van der Waals surface area contributed by atoms with Gasteiger partial charge in [0, 0.05) is 18.7 Å². The predicted molar refractivity (Wildman–Crippen MR) is 84.9 cm³/mol. The lowest BCUT2D eigenvalue weighted by molar-refractivity contribution is -0.130.